The number of esters is 1. The molecule has 1 amide bonds. The molecule has 1 saturated heterocycles. The van der Waals surface area contributed by atoms with Gasteiger partial charge in [-0.15, -0.1) is 0 Å². The van der Waals surface area contributed by atoms with Crippen molar-refractivity contribution in [1.29, 1.82) is 0 Å². The highest BCUT2D eigenvalue weighted by atomic mass is 16.5. The van der Waals surface area contributed by atoms with Crippen molar-refractivity contribution in [2.24, 2.45) is 5.41 Å². The number of aromatic nitrogens is 1. The van der Waals surface area contributed by atoms with Gasteiger partial charge in [0.05, 0.1) is 12.1 Å². The molecular formula is C23H31N3O3. The van der Waals surface area contributed by atoms with Gasteiger partial charge in [-0.2, -0.15) is 0 Å². The number of hydrogen-bond acceptors (Lipinski definition) is 5. The topological polar surface area (TPSA) is 62.7 Å². The van der Waals surface area contributed by atoms with Crippen LogP contribution >= 0.6 is 0 Å². The van der Waals surface area contributed by atoms with Crippen molar-refractivity contribution < 1.29 is 14.3 Å². The number of para-hydroxylation sites is 1. The zero-order valence-electron chi connectivity index (χ0n) is 18.1. The molecule has 0 spiro atoms. The first-order valence-electron chi connectivity index (χ1n) is 10.3. The lowest BCUT2D eigenvalue weighted by Gasteiger charge is -2.29. The van der Waals surface area contributed by atoms with E-state index in [4.69, 9.17) is 9.72 Å². The number of hydrogen-bond donors (Lipinski definition) is 0. The van der Waals surface area contributed by atoms with Gasteiger partial charge in [-0.3, -0.25) is 4.79 Å². The lowest BCUT2D eigenvalue weighted by Crippen LogP contribution is -2.41. The van der Waals surface area contributed by atoms with Crippen molar-refractivity contribution in [2.45, 2.75) is 41.0 Å². The molecule has 6 nitrogen and oxygen atoms in total. The number of nitrogens with zero attached hydrogens (tertiary/aromatic N) is 3. The molecule has 2 aromatic rings. The van der Waals surface area contributed by atoms with E-state index in [9.17, 15) is 9.59 Å². The number of carbonyl (C=O) groups excluding carboxylic acids is 2. The fourth-order valence-electron chi connectivity index (χ4n) is 3.84. The van der Waals surface area contributed by atoms with Crippen LogP contribution in [0.4, 0.5) is 5.82 Å². The third-order valence-electron chi connectivity index (χ3n) is 5.34. The van der Waals surface area contributed by atoms with Crippen molar-refractivity contribution in [1.82, 2.24) is 9.88 Å². The van der Waals surface area contributed by atoms with E-state index in [1.807, 2.05) is 63.8 Å². The first-order valence-corrected chi connectivity index (χ1v) is 10.3. The minimum Gasteiger partial charge on any atom is -0.462 e. The molecule has 0 saturated carbocycles. The predicted octanol–water partition coefficient (Wildman–Crippen LogP) is 3.80. The Morgan fingerprint density at radius 2 is 1.83 bits per heavy atom. The number of amides is 1. The van der Waals surface area contributed by atoms with Gasteiger partial charge >= 0.3 is 5.97 Å². The van der Waals surface area contributed by atoms with Crippen LogP contribution in [0.25, 0.3) is 10.9 Å². The number of aryl methyl sites for hydroxylation is 1. The first kappa shape index (κ1) is 21.1. The van der Waals surface area contributed by atoms with E-state index in [0.717, 1.165) is 29.4 Å². The van der Waals surface area contributed by atoms with Crippen LogP contribution in [-0.4, -0.2) is 54.5 Å². The van der Waals surface area contributed by atoms with Crippen LogP contribution in [0.2, 0.25) is 0 Å². The Kier molecular flexibility index (Phi) is 6.10. The highest BCUT2D eigenvalue weighted by Gasteiger charge is 2.30. The third-order valence-corrected chi connectivity index (χ3v) is 5.34. The largest absolute Gasteiger partial charge is 0.462 e. The van der Waals surface area contributed by atoms with Crippen LogP contribution in [0.15, 0.2) is 24.3 Å². The van der Waals surface area contributed by atoms with E-state index >= 15 is 0 Å². The van der Waals surface area contributed by atoms with Gasteiger partial charge in [-0.05, 0) is 31.9 Å². The summed E-state index contributed by atoms with van der Waals surface area (Å²) in [5.74, 6) is 0.474. The zero-order chi connectivity index (χ0) is 21.2. The standard InChI is InChI=1S/C23H31N3O3/c1-6-29-21(27)19-16(2)17-10-7-8-11-18(17)24-20(19)25-12-9-13-26(15-14-25)22(28)23(3,4)5/h7-8,10-11H,6,9,12-15H2,1-5H3. The Bertz CT molecular complexity index is 917. The molecule has 0 unspecified atom stereocenters. The summed E-state index contributed by atoms with van der Waals surface area (Å²) in [6.07, 6.45) is 0.831. The summed E-state index contributed by atoms with van der Waals surface area (Å²) in [6.45, 7) is 12.6. The van der Waals surface area contributed by atoms with E-state index in [1.165, 1.54) is 0 Å². The summed E-state index contributed by atoms with van der Waals surface area (Å²) >= 11 is 0. The second-order valence-corrected chi connectivity index (χ2v) is 8.56. The van der Waals surface area contributed by atoms with Gasteiger partial charge < -0.3 is 14.5 Å². The SMILES string of the molecule is CCOC(=O)c1c(N2CCCN(C(=O)C(C)(C)C)CC2)nc2ccccc2c1C. The molecular weight excluding hydrogens is 366 g/mol. The normalized spacial score (nSPS) is 15.3. The quantitative estimate of drug-likeness (QED) is 0.737. The van der Waals surface area contributed by atoms with Crippen molar-refractivity contribution in [3.05, 3.63) is 35.4 Å². The van der Waals surface area contributed by atoms with Gasteiger partial charge in [0.15, 0.2) is 0 Å². The summed E-state index contributed by atoms with van der Waals surface area (Å²) in [5, 5.41) is 0.957. The molecule has 2 heterocycles. The molecule has 0 aliphatic carbocycles. The van der Waals surface area contributed by atoms with Gasteiger partial charge in [0.25, 0.3) is 0 Å². The maximum Gasteiger partial charge on any atom is 0.342 e. The fraction of sp³-hybridized carbons (Fsp3) is 0.522. The van der Waals surface area contributed by atoms with Crippen LogP contribution in [-0.2, 0) is 9.53 Å². The van der Waals surface area contributed by atoms with Crippen LogP contribution in [0.1, 0.15) is 50.0 Å². The molecule has 0 N–H and O–H groups in total. The van der Waals surface area contributed by atoms with Crippen molar-refractivity contribution >= 4 is 28.6 Å². The van der Waals surface area contributed by atoms with Crippen LogP contribution < -0.4 is 4.90 Å². The average Bonchev–Trinajstić information content (AvgIpc) is 2.92. The van der Waals surface area contributed by atoms with E-state index < -0.39 is 5.41 Å². The first-order chi connectivity index (χ1) is 13.7. The van der Waals surface area contributed by atoms with Gasteiger partial charge in [-0.1, -0.05) is 39.0 Å². The predicted molar refractivity (Wildman–Crippen MR) is 115 cm³/mol. The van der Waals surface area contributed by atoms with E-state index in [1.54, 1.807) is 0 Å². The second-order valence-electron chi connectivity index (χ2n) is 8.56. The Morgan fingerprint density at radius 1 is 1.10 bits per heavy atom. The monoisotopic (exact) mass is 397 g/mol. The average molecular weight is 398 g/mol. The molecule has 0 radical (unpaired) electrons. The Morgan fingerprint density at radius 3 is 2.52 bits per heavy atom. The molecule has 0 atom stereocenters. The van der Waals surface area contributed by atoms with Gasteiger partial charge in [0.1, 0.15) is 11.4 Å². The molecule has 1 aliphatic heterocycles. The van der Waals surface area contributed by atoms with Gasteiger partial charge in [0.2, 0.25) is 5.91 Å². The van der Waals surface area contributed by atoms with Crippen molar-refractivity contribution in [2.75, 3.05) is 37.7 Å². The molecule has 1 aliphatic rings. The summed E-state index contributed by atoms with van der Waals surface area (Å²) < 4.78 is 5.35. The van der Waals surface area contributed by atoms with Gasteiger partial charge in [-0.25, -0.2) is 9.78 Å². The van der Waals surface area contributed by atoms with Crippen molar-refractivity contribution in [3.63, 3.8) is 0 Å². The number of pyridine rings is 1. The molecule has 3 rings (SSSR count). The number of ether oxygens (including phenoxy) is 1. The minimum absolute atomic E-state index is 0.160. The summed E-state index contributed by atoms with van der Waals surface area (Å²) in [7, 11) is 0. The van der Waals surface area contributed by atoms with E-state index in [2.05, 4.69) is 4.90 Å². The van der Waals surface area contributed by atoms with E-state index in [-0.39, 0.29) is 11.9 Å². The maximum atomic E-state index is 12.8. The Balaban J connectivity index is 1.99. The van der Waals surface area contributed by atoms with Crippen LogP contribution in [0.5, 0.6) is 0 Å². The van der Waals surface area contributed by atoms with E-state index in [0.29, 0.717) is 37.6 Å². The molecule has 1 aromatic carbocycles. The number of rotatable bonds is 3. The lowest BCUT2D eigenvalue weighted by molar-refractivity contribution is -0.139. The Labute approximate surface area is 172 Å². The minimum atomic E-state index is -0.400. The fourth-order valence-corrected chi connectivity index (χ4v) is 3.84. The van der Waals surface area contributed by atoms with Crippen molar-refractivity contribution in [3.8, 4) is 0 Å². The number of fused-ring (bicyclic) bond motifs is 1. The summed E-state index contributed by atoms with van der Waals surface area (Å²) in [6, 6.07) is 7.85. The number of anilines is 1. The number of carbonyl (C=O) groups is 2. The maximum absolute atomic E-state index is 12.8. The van der Waals surface area contributed by atoms with Crippen LogP contribution in [0, 0.1) is 12.3 Å². The Hall–Kier alpha value is -2.63. The van der Waals surface area contributed by atoms with Crippen LogP contribution in [0.3, 0.4) is 0 Å². The molecule has 6 heteroatoms. The highest BCUT2D eigenvalue weighted by molar-refractivity contribution is 6.02. The second kappa shape index (κ2) is 8.39. The van der Waals surface area contributed by atoms with Gasteiger partial charge in [0, 0.05) is 37.0 Å². The smallest absolute Gasteiger partial charge is 0.342 e. The summed E-state index contributed by atoms with van der Waals surface area (Å²) in [5.41, 5.74) is 1.88. The molecule has 1 fully saturated rings. The zero-order valence-corrected chi connectivity index (χ0v) is 18.1. The molecule has 1 aromatic heterocycles. The molecule has 156 valence electrons. The summed E-state index contributed by atoms with van der Waals surface area (Å²) in [4.78, 5) is 34.4. The lowest BCUT2D eigenvalue weighted by atomic mass is 9.94. The highest BCUT2D eigenvalue weighted by Crippen LogP contribution is 2.30. The molecule has 29 heavy (non-hydrogen) atoms. The molecule has 0 bridgehead atoms. The number of benzene rings is 1. The third kappa shape index (κ3) is 4.36.